The molecular weight excluding hydrogens is 302 g/mol. The molecule has 0 radical (unpaired) electrons. The molecule has 3 nitrogen and oxygen atoms in total. The van der Waals surface area contributed by atoms with E-state index in [1.807, 2.05) is 18.2 Å². The molecule has 1 rings (SSSR count). The molecule has 4 heteroatoms. The minimum absolute atomic E-state index is 0.541. The molecule has 1 aromatic rings. The molecule has 0 saturated heterocycles. The Morgan fingerprint density at radius 2 is 1.84 bits per heavy atom. The lowest BCUT2D eigenvalue weighted by atomic mass is 10.2. The summed E-state index contributed by atoms with van der Waals surface area (Å²) in [6.45, 7) is 10.7. The van der Waals surface area contributed by atoms with E-state index in [4.69, 9.17) is 5.26 Å². The van der Waals surface area contributed by atoms with E-state index in [2.05, 4.69) is 59.9 Å². The standard InChI is InChI=1S/C15H22BrN3/c1-11(2)19(12(3)4)6-5-18-15-8-13(10-17)7-14(16)9-15/h7-9,11-12,18H,5-6H2,1-4H3. The van der Waals surface area contributed by atoms with Crippen LogP contribution in [0, 0.1) is 11.3 Å². The molecule has 0 aliphatic rings. The molecule has 104 valence electrons. The summed E-state index contributed by atoms with van der Waals surface area (Å²) in [4.78, 5) is 2.44. The van der Waals surface area contributed by atoms with Gasteiger partial charge in [-0.2, -0.15) is 5.26 Å². The molecule has 1 N–H and O–H groups in total. The zero-order chi connectivity index (χ0) is 14.4. The Morgan fingerprint density at radius 3 is 2.37 bits per heavy atom. The smallest absolute Gasteiger partial charge is 0.0992 e. The number of nitrogens with one attached hydrogen (secondary N) is 1. The van der Waals surface area contributed by atoms with E-state index in [9.17, 15) is 0 Å². The van der Waals surface area contributed by atoms with E-state index in [0.717, 1.165) is 23.2 Å². The van der Waals surface area contributed by atoms with Gasteiger partial charge in [0.05, 0.1) is 11.6 Å². The molecule has 0 heterocycles. The molecule has 0 atom stereocenters. The number of nitrogens with zero attached hydrogens (tertiary/aromatic N) is 2. The van der Waals surface area contributed by atoms with Gasteiger partial charge in [-0.1, -0.05) is 15.9 Å². The summed E-state index contributed by atoms with van der Waals surface area (Å²) in [5, 5.41) is 12.3. The average Bonchev–Trinajstić information content (AvgIpc) is 2.32. The third kappa shape index (κ3) is 5.22. The highest BCUT2D eigenvalue weighted by Gasteiger charge is 2.12. The van der Waals surface area contributed by atoms with Gasteiger partial charge in [-0.3, -0.25) is 4.90 Å². The number of rotatable bonds is 6. The Balaban J connectivity index is 2.58. The van der Waals surface area contributed by atoms with E-state index in [-0.39, 0.29) is 0 Å². The molecule has 0 aliphatic heterocycles. The zero-order valence-electron chi connectivity index (χ0n) is 12.1. The molecule has 0 unspecified atom stereocenters. The maximum absolute atomic E-state index is 8.94. The van der Waals surface area contributed by atoms with E-state index in [0.29, 0.717) is 17.6 Å². The number of hydrogen-bond donors (Lipinski definition) is 1. The molecule has 0 fully saturated rings. The van der Waals surface area contributed by atoms with Crippen LogP contribution in [0.5, 0.6) is 0 Å². The Morgan fingerprint density at radius 1 is 1.21 bits per heavy atom. The quantitative estimate of drug-likeness (QED) is 0.864. The third-order valence-electron chi connectivity index (χ3n) is 3.05. The van der Waals surface area contributed by atoms with Crippen molar-refractivity contribution < 1.29 is 0 Å². The van der Waals surface area contributed by atoms with Crippen molar-refractivity contribution in [2.24, 2.45) is 0 Å². The number of hydrogen-bond acceptors (Lipinski definition) is 3. The van der Waals surface area contributed by atoms with Crippen LogP contribution in [0.2, 0.25) is 0 Å². The summed E-state index contributed by atoms with van der Waals surface area (Å²) < 4.78 is 0.929. The molecule has 0 saturated carbocycles. The molecule has 0 aromatic heterocycles. The van der Waals surface area contributed by atoms with Gasteiger partial charge in [-0.25, -0.2) is 0 Å². The van der Waals surface area contributed by atoms with Gasteiger partial charge in [0.15, 0.2) is 0 Å². The summed E-state index contributed by atoms with van der Waals surface area (Å²) in [6, 6.07) is 8.93. The van der Waals surface area contributed by atoms with Crippen molar-refractivity contribution in [2.45, 2.75) is 39.8 Å². The summed E-state index contributed by atoms with van der Waals surface area (Å²) >= 11 is 3.42. The van der Waals surface area contributed by atoms with Gasteiger partial charge < -0.3 is 5.32 Å². The monoisotopic (exact) mass is 323 g/mol. The van der Waals surface area contributed by atoms with Crippen LogP contribution in [0.1, 0.15) is 33.3 Å². The van der Waals surface area contributed by atoms with E-state index in [1.54, 1.807) is 0 Å². The normalized spacial score (nSPS) is 11.1. The van der Waals surface area contributed by atoms with Crippen molar-refractivity contribution in [3.05, 3.63) is 28.2 Å². The van der Waals surface area contributed by atoms with E-state index < -0.39 is 0 Å². The van der Waals surface area contributed by atoms with Crippen LogP contribution in [0.25, 0.3) is 0 Å². The fourth-order valence-electron chi connectivity index (χ4n) is 2.20. The van der Waals surface area contributed by atoms with Crippen molar-refractivity contribution in [3.63, 3.8) is 0 Å². The average molecular weight is 324 g/mol. The van der Waals surface area contributed by atoms with Crippen molar-refractivity contribution in [3.8, 4) is 6.07 Å². The number of anilines is 1. The SMILES string of the molecule is CC(C)N(CCNc1cc(Br)cc(C#N)c1)C(C)C. The number of halogens is 1. The Kier molecular flexibility index (Phi) is 6.33. The van der Waals surface area contributed by atoms with Crippen molar-refractivity contribution in [1.82, 2.24) is 4.90 Å². The van der Waals surface area contributed by atoms with Gasteiger partial charge >= 0.3 is 0 Å². The lowest BCUT2D eigenvalue weighted by Crippen LogP contribution is -2.40. The number of benzene rings is 1. The Labute approximate surface area is 124 Å². The topological polar surface area (TPSA) is 39.1 Å². The van der Waals surface area contributed by atoms with Crippen LogP contribution in [-0.4, -0.2) is 30.1 Å². The van der Waals surface area contributed by atoms with Crippen molar-refractivity contribution >= 4 is 21.6 Å². The predicted octanol–water partition coefficient (Wildman–Crippen LogP) is 3.85. The maximum atomic E-state index is 8.94. The summed E-state index contributed by atoms with van der Waals surface area (Å²) in [5.41, 5.74) is 1.65. The van der Waals surface area contributed by atoms with E-state index in [1.165, 1.54) is 0 Å². The second-order valence-electron chi connectivity index (χ2n) is 5.19. The highest BCUT2D eigenvalue weighted by Crippen LogP contribution is 2.19. The van der Waals surface area contributed by atoms with E-state index >= 15 is 0 Å². The first-order valence-electron chi connectivity index (χ1n) is 6.64. The minimum Gasteiger partial charge on any atom is -0.384 e. The first kappa shape index (κ1) is 16.0. The summed E-state index contributed by atoms with van der Waals surface area (Å²) in [6.07, 6.45) is 0. The molecule has 0 aliphatic carbocycles. The molecular formula is C15H22BrN3. The highest BCUT2D eigenvalue weighted by atomic mass is 79.9. The van der Waals surface area contributed by atoms with Gasteiger partial charge in [0.2, 0.25) is 0 Å². The van der Waals surface area contributed by atoms with Crippen molar-refractivity contribution in [1.29, 1.82) is 5.26 Å². The van der Waals surface area contributed by atoms with Gasteiger partial charge in [-0.15, -0.1) is 0 Å². The largest absolute Gasteiger partial charge is 0.384 e. The van der Waals surface area contributed by atoms with Crippen LogP contribution < -0.4 is 5.32 Å². The predicted molar refractivity (Wildman–Crippen MR) is 84.3 cm³/mol. The third-order valence-corrected chi connectivity index (χ3v) is 3.51. The summed E-state index contributed by atoms with van der Waals surface area (Å²) in [5.74, 6) is 0. The second-order valence-corrected chi connectivity index (χ2v) is 6.11. The first-order valence-corrected chi connectivity index (χ1v) is 7.43. The lowest BCUT2D eigenvalue weighted by Gasteiger charge is -2.30. The van der Waals surface area contributed by atoms with Gasteiger partial charge in [0.1, 0.15) is 0 Å². The number of nitriles is 1. The van der Waals surface area contributed by atoms with Gasteiger partial charge in [0, 0.05) is 35.3 Å². The van der Waals surface area contributed by atoms with Crippen LogP contribution in [-0.2, 0) is 0 Å². The summed E-state index contributed by atoms with van der Waals surface area (Å²) in [7, 11) is 0. The zero-order valence-corrected chi connectivity index (χ0v) is 13.7. The van der Waals surface area contributed by atoms with Gasteiger partial charge in [-0.05, 0) is 45.9 Å². The molecule has 0 amide bonds. The Hall–Kier alpha value is -1.05. The Bertz CT molecular complexity index is 441. The first-order chi connectivity index (χ1) is 8.93. The van der Waals surface area contributed by atoms with Crippen molar-refractivity contribution in [2.75, 3.05) is 18.4 Å². The van der Waals surface area contributed by atoms with Crippen LogP contribution in [0.4, 0.5) is 5.69 Å². The lowest BCUT2D eigenvalue weighted by molar-refractivity contribution is 0.182. The molecule has 19 heavy (non-hydrogen) atoms. The maximum Gasteiger partial charge on any atom is 0.0992 e. The fourth-order valence-corrected chi connectivity index (χ4v) is 2.69. The fraction of sp³-hybridized carbons (Fsp3) is 0.533. The minimum atomic E-state index is 0.541. The molecule has 0 spiro atoms. The van der Waals surface area contributed by atoms with Gasteiger partial charge in [0.25, 0.3) is 0 Å². The van der Waals surface area contributed by atoms with Crippen LogP contribution in [0.3, 0.4) is 0 Å². The second kappa shape index (κ2) is 7.52. The molecule has 1 aromatic carbocycles. The van der Waals surface area contributed by atoms with Crippen LogP contribution in [0.15, 0.2) is 22.7 Å². The van der Waals surface area contributed by atoms with Crippen LogP contribution >= 0.6 is 15.9 Å². The molecule has 0 bridgehead atoms. The highest BCUT2D eigenvalue weighted by molar-refractivity contribution is 9.10.